The largest absolute Gasteiger partial charge is 0.493 e. The van der Waals surface area contributed by atoms with Crippen molar-refractivity contribution in [2.24, 2.45) is 0 Å². The first-order chi connectivity index (χ1) is 14.2. The molecule has 0 saturated heterocycles. The fourth-order valence-electron chi connectivity index (χ4n) is 2.91. The van der Waals surface area contributed by atoms with Crippen LogP contribution in [0.2, 0.25) is 0 Å². The quantitative estimate of drug-likeness (QED) is 0.521. The number of alkyl halides is 3. The average molecular weight is 423 g/mol. The predicted octanol–water partition coefficient (Wildman–Crippen LogP) is 2.21. The number of methoxy groups -OCH3 is 1. The highest BCUT2D eigenvalue weighted by atomic mass is 19.4. The Bertz CT molecular complexity index is 869. The van der Waals surface area contributed by atoms with Crippen molar-refractivity contribution in [1.29, 1.82) is 0 Å². The lowest BCUT2D eigenvalue weighted by atomic mass is 9.78. The number of nitrogens with one attached hydrogen (secondary N) is 1. The van der Waals surface area contributed by atoms with Crippen LogP contribution in [0.15, 0.2) is 48.5 Å². The van der Waals surface area contributed by atoms with Crippen molar-refractivity contribution in [2.75, 3.05) is 21.3 Å². The second-order valence-electron chi connectivity index (χ2n) is 6.34. The molecule has 2 rings (SSSR count). The highest BCUT2D eigenvalue weighted by molar-refractivity contribution is 6.61. The molecule has 0 saturated carbocycles. The van der Waals surface area contributed by atoms with Crippen LogP contribution >= 0.6 is 0 Å². The second kappa shape index (κ2) is 10.3. The van der Waals surface area contributed by atoms with Gasteiger partial charge >= 0.3 is 19.3 Å². The molecule has 2 aromatic carbocycles. The van der Waals surface area contributed by atoms with Crippen LogP contribution in [-0.2, 0) is 31.4 Å². The first kappa shape index (κ1) is 23.4. The number of carbonyl (C=O) groups is 2. The minimum atomic E-state index is -4.70. The molecule has 10 heteroatoms. The normalized spacial score (nSPS) is 12.2. The van der Waals surface area contributed by atoms with Gasteiger partial charge in [-0.1, -0.05) is 36.4 Å². The van der Waals surface area contributed by atoms with E-state index in [1.54, 1.807) is 24.3 Å². The molecular weight excluding hydrogens is 402 g/mol. The summed E-state index contributed by atoms with van der Waals surface area (Å²) in [5.74, 6) is -1.79. The number of rotatable bonds is 8. The van der Waals surface area contributed by atoms with E-state index >= 15 is 0 Å². The zero-order valence-corrected chi connectivity index (χ0v) is 16.7. The summed E-state index contributed by atoms with van der Waals surface area (Å²) in [4.78, 5) is 24.6. The van der Waals surface area contributed by atoms with Crippen molar-refractivity contribution in [3.8, 4) is 0 Å². The SMILES string of the molecule is COB(OC)c1ccc(C[C@@H](NC(=O)c2ccccc2C(F)(F)F)C(=O)OC)cc1. The van der Waals surface area contributed by atoms with Gasteiger partial charge in [0.1, 0.15) is 6.04 Å². The third kappa shape index (κ3) is 5.83. The molecule has 0 aromatic heterocycles. The van der Waals surface area contributed by atoms with Gasteiger partial charge in [0.15, 0.2) is 0 Å². The van der Waals surface area contributed by atoms with Crippen LogP contribution in [0.25, 0.3) is 0 Å². The summed E-state index contributed by atoms with van der Waals surface area (Å²) in [6.45, 7) is 0. The zero-order valence-electron chi connectivity index (χ0n) is 16.7. The lowest BCUT2D eigenvalue weighted by molar-refractivity contribution is -0.142. The van der Waals surface area contributed by atoms with E-state index in [9.17, 15) is 22.8 Å². The number of hydrogen-bond donors (Lipinski definition) is 1. The highest BCUT2D eigenvalue weighted by Crippen LogP contribution is 2.31. The number of halogens is 3. The molecule has 0 heterocycles. The lowest BCUT2D eigenvalue weighted by Crippen LogP contribution is -2.43. The minimum Gasteiger partial charge on any atom is -0.467 e. The Morgan fingerprint density at radius 2 is 1.60 bits per heavy atom. The fraction of sp³-hybridized carbons (Fsp3) is 0.300. The van der Waals surface area contributed by atoms with E-state index in [0.29, 0.717) is 5.56 Å². The van der Waals surface area contributed by atoms with E-state index in [2.05, 4.69) is 5.32 Å². The van der Waals surface area contributed by atoms with E-state index in [1.807, 2.05) is 0 Å². The Hall–Kier alpha value is -2.85. The summed E-state index contributed by atoms with van der Waals surface area (Å²) in [5, 5.41) is 2.34. The van der Waals surface area contributed by atoms with Crippen molar-refractivity contribution in [1.82, 2.24) is 5.32 Å². The van der Waals surface area contributed by atoms with E-state index in [0.717, 1.165) is 24.7 Å². The molecule has 0 bridgehead atoms. The van der Waals surface area contributed by atoms with Crippen LogP contribution in [0, 0.1) is 0 Å². The van der Waals surface area contributed by atoms with Gasteiger partial charge in [-0.3, -0.25) is 4.79 Å². The van der Waals surface area contributed by atoms with Gasteiger partial charge in [0.25, 0.3) is 5.91 Å². The molecule has 0 aliphatic heterocycles. The standard InChI is InChI=1S/C20H21BF3NO5/c1-28-19(27)17(12-13-8-10-14(11-9-13)21(29-2)30-3)25-18(26)15-6-4-5-7-16(15)20(22,23)24/h4-11,17H,12H2,1-3H3,(H,25,26)/t17-/m1/s1. The minimum absolute atomic E-state index is 0.0253. The van der Waals surface area contributed by atoms with Crippen molar-refractivity contribution < 1.29 is 36.8 Å². The number of benzene rings is 2. The summed E-state index contributed by atoms with van der Waals surface area (Å²) < 4.78 is 54.6. The van der Waals surface area contributed by atoms with Gasteiger partial charge in [0, 0.05) is 20.6 Å². The van der Waals surface area contributed by atoms with E-state index in [4.69, 9.17) is 14.0 Å². The molecule has 1 amide bonds. The Balaban J connectivity index is 2.22. The van der Waals surface area contributed by atoms with Crippen LogP contribution in [0.3, 0.4) is 0 Å². The second-order valence-corrected chi connectivity index (χ2v) is 6.34. The third-order valence-corrected chi connectivity index (χ3v) is 4.39. The molecule has 2 aromatic rings. The Morgan fingerprint density at radius 1 is 1.00 bits per heavy atom. The van der Waals surface area contributed by atoms with Gasteiger partial charge in [0.05, 0.1) is 18.2 Å². The number of esters is 1. The van der Waals surface area contributed by atoms with Gasteiger partial charge in [-0.25, -0.2) is 4.79 Å². The molecule has 30 heavy (non-hydrogen) atoms. The number of amides is 1. The lowest BCUT2D eigenvalue weighted by Gasteiger charge is -2.19. The van der Waals surface area contributed by atoms with Crippen molar-refractivity contribution in [3.05, 3.63) is 65.2 Å². The first-order valence-electron chi connectivity index (χ1n) is 8.90. The predicted molar refractivity (Wildman–Crippen MR) is 104 cm³/mol. The van der Waals surface area contributed by atoms with Crippen molar-refractivity contribution in [3.63, 3.8) is 0 Å². The zero-order chi connectivity index (χ0) is 22.3. The summed E-state index contributed by atoms with van der Waals surface area (Å²) in [7, 11) is 3.55. The van der Waals surface area contributed by atoms with Crippen LogP contribution in [0.1, 0.15) is 21.5 Å². The van der Waals surface area contributed by atoms with Crippen LogP contribution in [0.4, 0.5) is 13.2 Å². The Morgan fingerprint density at radius 3 is 2.13 bits per heavy atom. The van der Waals surface area contributed by atoms with Crippen LogP contribution in [-0.4, -0.2) is 46.4 Å². The molecular formula is C20H21BF3NO5. The maximum Gasteiger partial charge on any atom is 0.493 e. The molecule has 0 spiro atoms. The molecule has 160 valence electrons. The molecule has 0 unspecified atom stereocenters. The van der Waals surface area contributed by atoms with Gasteiger partial charge in [-0.15, -0.1) is 0 Å². The smallest absolute Gasteiger partial charge is 0.467 e. The Kier molecular flexibility index (Phi) is 8.02. The first-order valence-corrected chi connectivity index (χ1v) is 8.90. The highest BCUT2D eigenvalue weighted by Gasteiger charge is 2.35. The summed E-state index contributed by atoms with van der Waals surface area (Å²) in [6, 6.07) is 10.0. The van der Waals surface area contributed by atoms with Crippen molar-refractivity contribution in [2.45, 2.75) is 18.6 Å². The molecule has 6 nitrogen and oxygen atoms in total. The molecule has 1 N–H and O–H groups in total. The van der Waals surface area contributed by atoms with Crippen LogP contribution in [0.5, 0.6) is 0 Å². The number of ether oxygens (including phenoxy) is 1. The maximum absolute atomic E-state index is 13.2. The van der Waals surface area contributed by atoms with Gasteiger partial charge in [-0.05, 0) is 23.2 Å². The molecule has 0 fully saturated rings. The van der Waals surface area contributed by atoms with E-state index in [-0.39, 0.29) is 6.42 Å². The Labute approximate surface area is 172 Å². The van der Waals surface area contributed by atoms with E-state index in [1.165, 1.54) is 26.4 Å². The monoisotopic (exact) mass is 423 g/mol. The summed E-state index contributed by atoms with van der Waals surface area (Å²) in [5.41, 5.74) is -0.260. The topological polar surface area (TPSA) is 73.9 Å². The number of carbonyl (C=O) groups excluding carboxylic acids is 2. The maximum atomic E-state index is 13.2. The number of hydrogen-bond acceptors (Lipinski definition) is 5. The summed E-state index contributed by atoms with van der Waals surface area (Å²) >= 11 is 0. The molecule has 0 aliphatic carbocycles. The fourth-order valence-corrected chi connectivity index (χ4v) is 2.91. The van der Waals surface area contributed by atoms with Crippen LogP contribution < -0.4 is 10.8 Å². The van der Waals surface area contributed by atoms with E-state index < -0.39 is 42.3 Å². The third-order valence-electron chi connectivity index (χ3n) is 4.39. The summed E-state index contributed by atoms with van der Waals surface area (Å²) in [6.07, 6.45) is -4.68. The molecule has 1 atom stereocenters. The van der Waals surface area contributed by atoms with Gasteiger partial charge < -0.3 is 19.4 Å². The molecule has 0 aliphatic rings. The molecule has 0 radical (unpaired) electrons. The van der Waals surface area contributed by atoms with Crippen molar-refractivity contribution >= 4 is 24.5 Å². The average Bonchev–Trinajstić information content (AvgIpc) is 2.74. The van der Waals surface area contributed by atoms with Gasteiger partial charge in [0.2, 0.25) is 0 Å². The van der Waals surface area contributed by atoms with Gasteiger partial charge in [-0.2, -0.15) is 13.2 Å².